The summed E-state index contributed by atoms with van der Waals surface area (Å²) in [6, 6.07) is -0.707. The van der Waals surface area contributed by atoms with E-state index in [0.717, 1.165) is 6.20 Å². The van der Waals surface area contributed by atoms with Crippen LogP contribution in [0.15, 0.2) is 20.7 Å². The second kappa shape index (κ2) is 5.46. The monoisotopic (exact) mass is 277 g/mol. The SMILES string of the molecule is CC(C)[C@@H](CO)NS(=O)(=O)c1c[nH]c(=O)[nH]c1=O. The largest absolute Gasteiger partial charge is 0.395 e. The molecule has 0 aliphatic rings. The summed E-state index contributed by atoms with van der Waals surface area (Å²) in [5, 5.41) is 9.05. The van der Waals surface area contributed by atoms with Crippen molar-refractivity contribution in [3.8, 4) is 0 Å². The van der Waals surface area contributed by atoms with Crippen LogP contribution in [-0.2, 0) is 10.0 Å². The van der Waals surface area contributed by atoms with Gasteiger partial charge in [0.1, 0.15) is 0 Å². The Labute approximate surface area is 103 Å². The van der Waals surface area contributed by atoms with E-state index in [4.69, 9.17) is 5.11 Å². The van der Waals surface area contributed by atoms with Gasteiger partial charge in [-0.3, -0.25) is 9.78 Å². The maximum atomic E-state index is 11.9. The summed E-state index contributed by atoms with van der Waals surface area (Å²) in [5.41, 5.74) is -1.80. The number of aromatic nitrogens is 2. The van der Waals surface area contributed by atoms with Crippen LogP contribution in [0.2, 0.25) is 0 Å². The zero-order valence-electron chi connectivity index (χ0n) is 9.93. The molecule has 0 fully saturated rings. The summed E-state index contributed by atoms with van der Waals surface area (Å²) in [5.74, 6) is -0.147. The summed E-state index contributed by atoms with van der Waals surface area (Å²) in [7, 11) is -4.09. The lowest BCUT2D eigenvalue weighted by atomic mass is 10.1. The Hall–Kier alpha value is -1.45. The average Bonchev–Trinajstić information content (AvgIpc) is 2.24. The van der Waals surface area contributed by atoms with Crippen LogP contribution in [0, 0.1) is 5.92 Å². The molecule has 1 aromatic heterocycles. The van der Waals surface area contributed by atoms with Crippen LogP contribution in [0.4, 0.5) is 0 Å². The molecule has 0 saturated heterocycles. The molecule has 1 aromatic rings. The molecule has 0 bridgehead atoms. The second-order valence-electron chi connectivity index (χ2n) is 4.09. The third-order valence-corrected chi connectivity index (χ3v) is 3.88. The van der Waals surface area contributed by atoms with E-state index < -0.39 is 38.8 Å². The first-order chi connectivity index (χ1) is 8.27. The average molecular weight is 277 g/mol. The van der Waals surface area contributed by atoms with Crippen molar-refractivity contribution < 1.29 is 13.5 Å². The number of aromatic amines is 2. The fraction of sp³-hybridized carbons (Fsp3) is 0.556. The van der Waals surface area contributed by atoms with Crippen molar-refractivity contribution in [2.75, 3.05) is 6.61 Å². The topological polar surface area (TPSA) is 132 Å². The first-order valence-electron chi connectivity index (χ1n) is 5.23. The Balaban J connectivity index is 3.14. The van der Waals surface area contributed by atoms with Gasteiger partial charge in [-0.15, -0.1) is 0 Å². The molecule has 1 rings (SSSR count). The molecule has 4 N–H and O–H groups in total. The van der Waals surface area contributed by atoms with Gasteiger partial charge in [0.2, 0.25) is 10.0 Å². The van der Waals surface area contributed by atoms with Crippen molar-refractivity contribution in [1.29, 1.82) is 0 Å². The normalized spacial score (nSPS) is 13.8. The van der Waals surface area contributed by atoms with Crippen LogP contribution in [0.1, 0.15) is 13.8 Å². The molecule has 0 saturated carbocycles. The standard InChI is InChI=1S/C9H15N3O5S/c1-5(2)6(4-13)12-18(16,17)7-3-10-9(15)11-8(7)14/h3,5-6,12-13H,4H2,1-2H3,(H2,10,11,14,15)/t6-/m1/s1. The molecule has 0 spiro atoms. The summed E-state index contributed by atoms with van der Waals surface area (Å²) < 4.78 is 25.9. The zero-order valence-corrected chi connectivity index (χ0v) is 10.7. The summed E-state index contributed by atoms with van der Waals surface area (Å²) in [4.78, 5) is 25.5. The molecule has 0 aliphatic heterocycles. The molecule has 0 amide bonds. The Kier molecular flexibility index (Phi) is 4.43. The van der Waals surface area contributed by atoms with Gasteiger partial charge in [-0.1, -0.05) is 13.8 Å². The van der Waals surface area contributed by atoms with Gasteiger partial charge in [-0.05, 0) is 5.92 Å². The van der Waals surface area contributed by atoms with Crippen molar-refractivity contribution in [2.45, 2.75) is 24.8 Å². The molecule has 18 heavy (non-hydrogen) atoms. The summed E-state index contributed by atoms with van der Waals surface area (Å²) >= 11 is 0. The Morgan fingerprint density at radius 3 is 2.44 bits per heavy atom. The van der Waals surface area contributed by atoms with Crippen molar-refractivity contribution in [3.05, 3.63) is 27.0 Å². The second-order valence-corrected chi connectivity index (χ2v) is 5.77. The number of H-pyrrole nitrogens is 2. The minimum absolute atomic E-state index is 0.147. The van der Waals surface area contributed by atoms with Gasteiger partial charge < -0.3 is 10.1 Å². The number of rotatable bonds is 5. The predicted octanol–water partition coefficient (Wildman–Crippen LogP) is -1.64. The Bertz CT molecular complexity index is 616. The van der Waals surface area contributed by atoms with Crippen molar-refractivity contribution in [1.82, 2.24) is 14.7 Å². The molecule has 0 aliphatic carbocycles. The molecule has 0 aromatic carbocycles. The molecule has 0 unspecified atom stereocenters. The van der Waals surface area contributed by atoms with Crippen LogP contribution in [0.5, 0.6) is 0 Å². The fourth-order valence-electron chi connectivity index (χ4n) is 1.24. The highest BCUT2D eigenvalue weighted by Crippen LogP contribution is 2.06. The molecule has 102 valence electrons. The maximum Gasteiger partial charge on any atom is 0.325 e. The lowest BCUT2D eigenvalue weighted by Gasteiger charge is -2.19. The van der Waals surface area contributed by atoms with Gasteiger partial charge in [-0.2, -0.15) is 0 Å². The van der Waals surface area contributed by atoms with Crippen LogP contribution in [0.25, 0.3) is 0 Å². The van der Waals surface area contributed by atoms with Crippen molar-refractivity contribution >= 4 is 10.0 Å². The van der Waals surface area contributed by atoms with Gasteiger partial charge in [0, 0.05) is 12.2 Å². The molecular weight excluding hydrogens is 262 g/mol. The van der Waals surface area contributed by atoms with E-state index in [2.05, 4.69) is 9.71 Å². The van der Waals surface area contributed by atoms with Crippen LogP contribution >= 0.6 is 0 Å². The van der Waals surface area contributed by atoms with E-state index in [0.29, 0.717) is 0 Å². The number of nitrogens with one attached hydrogen (secondary N) is 3. The summed E-state index contributed by atoms with van der Waals surface area (Å²) in [6.07, 6.45) is 0.818. The lowest BCUT2D eigenvalue weighted by molar-refractivity contribution is 0.227. The van der Waals surface area contributed by atoms with Gasteiger partial charge in [0.25, 0.3) is 5.56 Å². The first kappa shape index (κ1) is 14.6. The van der Waals surface area contributed by atoms with E-state index in [1.54, 1.807) is 13.8 Å². The lowest BCUT2D eigenvalue weighted by Crippen LogP contribution is -2.43. The third-order valence-electron chi connectivity index (χ3n) is 2.38. The highest BCUT2D eigenvalue weighted by atomic mass is 32.2. The fourth-order valence-corrected chi connectivity index (χ4v) is 2.63. The Morgan fingerprint density at radius 2 is 2.00 bits per heavy atom. The van der Waals surface area contributed by atoms with E-state index >= 15 is 0 Å². The number of sulfonamides is 1. The number of hydrogen-bond acceptors (Lipinski definition) is 5. The highest BCUT2D eigenvalue weighted by Gasteiger charge is 2.24. The van der Waals surface area contributed by atoms with Gasteiger partial charge in [0.05, 0.1) is 6.61 Å². The van der Waals surface area contributed by atoms with E-state index in [1.165, 1.54) is 0 Å². The third kappa shape index (κ3) is 3.28. The smallest absolute Gasteiger partial charge is 0.325 e. The minimum Gasteiger partial charge on any atom is -0.395 e. The highest BCUT2D eigenvalue weighted by molar-refractivity contribution is 7.89. The van der Waals surface area contributed by atoms with Crippen LogP contribution in [-0.4, -0.2) is 36.1 Å². The number of aliphatic hydroxyl groups excluding tert-OH is 1. The van der Waals surface area contributed by atoms with E-state index in [-0.39, 0.29) is 5.92 Å². The van der Waals surface area contributed by atoms with Gasteiger partial charge in [-0.25, -0.2) is 17.9 Å². The van der Waals surface area contributed by atoms with Crippen molar-refractivity contribution in [3.63, 3.8) is 0 Å². The first-order valence-corrected chi connectivity index (χ1v) is 6.71. The molecule has 1 heterocycles. The molecule has 9 heteroatoms. The number of hydrogen-bond donors (Lipinski definition) is 4. The minimum atomic E-state index is -4.09. The molecule has 8 nitrogen and oxygen atoms in total. The van der Waals surface area contributed by atoms with Crippen LogP contribution in [0.3, 0.4) is 0 Å². The van der Waals surface area contributed by atoms with E-state index in [9.17, 15) is 18.0 Å². The van der Waals surface area contributed by atoms with Crippen LogP contribution < -0.4 is 16.0 Å². The predicted molar refractivity (Wildman–Crippen MR) is 63.7 cm³/mol. The summed E-state index contributed by atoms with van der Waals surface area (Å²) in [6.45, 7) is 3.05. The Morgan fingerprint density at radius 1 is 1.39 bits per heavy atom. The maximum absolute atomic E-state index is 11.9. The molecular formula is C9H15N3O5S. The van der Waals surface area contributed by atoms with E-state index in [1.807, 2.05) is 4.98 Å². The number of aliphatic hydroxyl groups is 1. The zero-order chi connectivity index (χ0) is 13.9. The van der Waals surface area contributed by atoms with Crippen molar-refractivity contribution in [2.24, 2.45) is 5.92 Å². The van der Waals surface area contributed by atoms with Gasteiger partial charge >= 0.3 is 5.69 Å². The molecule has 0 radical (unpaired) electrons. The van der Waals surface area contributed by atoms with Gasteiger partial charge in [0.15, 0.2) is 4.90 Å². The quantitative estimate of drug-likeness (QED) is 0.512. The molecule has 1 atom stereocenters.